The molecule has 0 saturated carbocycles. The van der Waals surface area contributed by atoms with Crippen LogP contribution in [0, 0.1) is 5.92 Å². The number of rotatable bonds is 5. The summed E-state index contributed by atoms with van der Waals surface area (Å²) in [5, 5.41) is 5.30. The van der Waals surface area contributed by atoms with Crippen LogP contribution in [0.15, 0.2) is 156 Å². The number of benzene rings is 4. The van der Waals surface area contributed by atoms with E-state index in [0.29, 0.717) is 5.92 Å². The molecule has 0 spiro atoms. The van der Waals surface area contributed by atoms with Crippen LogP contribution in [0.3, 0.4) is 0 Å². The Morgan fingerprint density at radius 3 is 1.84 bits per heavy atom. The molecule has 2 heterocycles. The van der Waals surface area contributed by atoms with Gasteiger partial charge in [-0.1, -0.05) is 97.1 Å². The van der Waals surface area contributed by atoms with E-state index in [-0.39, 0.29) is 0 Å². The third-order valence-corrected chi connectivity index (χ3v) is 11.6. The average molecular weight is 647 g/mol. The van der Waals surface area contributed by atoms with E-state index in [2.05, 4.69) is 149 Å². The van der Waals surface area contributed by atoms with Crippen molar-refractivity contribution >= 4 is 55.0 Å². The first-order valence-corrected chi connectivity index (χ1v) is 18.7. The van der Waals surface area contributed by atoms with Crippen molar-refractivity contribution in [2.75, 3.05) is 0 Å². The summed E-state index contributed by atoms with van der Waals surface area (Å²) in [7, 11) is 0. The molecule has 0 amide bonds. The van der Waals surface area contributed by atoms with E-state index in [4.69, 9.17) is 0 Å². The molecule has 10 rings (SSSR count). The number of nitrogens with zero attached hydrogens (tertiary/aromatic N) is 2. The van der Waals surface area contributed by atoms with Crippen molar-refractivity contribution in [1.29, 1.82) is 0 Å². The topological polar surface area (TPSA) is 9.86 Å². The first-order chi connectivity index (χ1) is 24.8. The highest BCUT2D eigenvalue weighted by atomic mass is 15.0. The first-order valence-electron chi connectivity index (χ1n) is 18.7. The van der Waals surface area contributed by atoms with Crippen molar-refractivity contribution in [2.24, 2.45) is 5.92 Å². The van der Waals surface area contributed by atoms with Gasteiger partial charge in [-0.2, -0.15) is 0 Å². The van der Waals surface area contributed by atoms with Crippen molar-refractivity contribution in [3.8, 4) is 11.1 Å². The Morgan fingerprint density at radius 2 is 1.20 bits per heavy atom. The monoisotopic (exact) mass is 646 g/mol. The molecule has 2 nitrogen and oxygen atoms in total. The number of aromatic nitrogens is 2. The van der Waals surface area contributed by atoms with Crippen LogP contribution in [-0.2, 0) is 0 Å². The average Bonchev–Trinajstić information content (AvgIpc) is 3.71. The normalized spacial score (nSPS) is 19.5. The molecule has 0 bridgehead atoms. The van der Waals surface area contributed by atoms with Gasteiger partial charge in [0, 0.05) is 38.9 Å². The molecule has 244 valence electrons. The maximum atomic E-state index is 2.57. The smallest absolute Gasteiger partial charge is 0.0538 e. The van der Waals surface area contributed by atoms with E-state index in [1.165, 1.54) is 109 Å². The summed E-state index contributed by atoms with van der Waals surface area (Å²) in [6, 6.07) is 32.2. The zero-order valence-electron chi connectivity index (χ0n) is 28.6. The maximum Gasteiger partial charge on any atom is 0.0538 e. The second-order valence-corrected chi connectivity index (χ2v) is 14.5. The van der Waals surface area contributed by atoms with Gasteiger partial charge in [-0.3, -0.25) is 0 Å². The van der Waals surface area contributed by atoms with Crippen LogP contribution in [0.5, 0.6) is 0 Å². The Balaban J connectivity index is 1.07. The molecule has 0 aliphatic heterocycles. The fraction of sp³-hybridized carbons (Fsp3) is 0.208. The SMILES string of the molecule is C1=CCCC(C2=CC=C(n3c4ccccc4c4cc(-c5ccc6c(c5)c5ccccc5n6C5=CC(C6=CCCC=C6)CCC5)ccc43)CC2)=C1. The fourth-order valence-corrected chi connectivity index (χ4v) is 9.13. The second kappa shape index (κ2) is 12.2. The third kappa shape index (κ3) is 4.92. The van der Waals surface area contributed by atoms with Crippen molar-refractivity contribution in [3.63, 3.8) is 0 Å². The quantitative estimate of drug-likeness (QED) is 0.176. The summed E-state index contributed by atoms with van der Waals surface area (Å²) in [4.78, 5) is 0. The van der Waals surface area contributed by atoms with Crippen LogP contribution in [0.1, 0.15) is 57.8 Å². The Bertz CT molecular complexity index is 2570. The highest BCUT2D eigenvalue weighted by molar-refractivity contribution is 6.13. The van der Waals surface area contributed by atoms with Crippen LogP contribution < -0.4 is 0 Å². The van der Waals surface area contributed by atoms with E-state index in [9.17, 15) is 0 Å². The van der Waals surface area contributed by atoms with E-state index in [1.807, 2.05) is 0 Å². The van der Waals surface area contributed by atoms with Gasteiger partial charge in [0.05, 0.1) is 22.1 Å². The van der Waals surface area contributed by atoms with Crippen LogP contribution in [0.4, 0.5) is 0 Å². The molecule has 6 aromatic rings. The van der Waals surface area contributed by atoms with Crippen molar-refractivity contribution in [2.45, 2.75) is 57.8 Å². The Kier molecular flexibility index (Phi) is 7.22. The van der Waals surface area contributed by atoms with E-state index < -0.39 is 0 Å². The molecule has 0 N–H and O–H groups in total. The lowest BCUT2D eigenvalue weighted by molar-refractivity contribution is 0.609. The molecule has 0 fully saturated rings. The van der Waals surface area contributed by atoms with Gasteiger partial charge in [-0.15, -0.1) is 0 Å². The van der Waals surface area contributed by atoms with E-state index in [1.54, 1.807) is 0 Å². The molecule has 1 unspecified atom stereocenters. The number of hydrogen-bond donors (Lipinski definition) is 0. The minimum absolute atomic E-state index is 0.508. The highest BCUT2D eigenvalue weighted by Gasteiger charge is 2.22. The molecule has 2 aromatic heterocycles. The summed E-state index contributed by atoms with van der Waals surface area (Å²) in [6.07, 6.45) is 31.7. The minimum Gasteiger partial charge on any atom is -0.313 e. The lowest BCUT2D eigenvalue weighted by Gasteiger charge is -2.25. The third-order valence-electron chi connectivity index (χ3n) is 11.6. The predicted octanol–water partition coefficient (Wildman–Crippen LogP) is 13.3. The van der Waals surface area contributed by atoms with E-state index in [0.717, 1.165) is 32.1 Å². The largest absolute Gasteiger partial charge is 0.313 e. The summed E-state index contributed by atoms with van der Waals surface area (Å²) in [5.41, 5.74) is 15.1. The molecular weight excluding hydrogens is 605 g/mol. The number of fused-ring (bicyclic) bond motifs is 6. The second-order valence-electron chi connectivity index (χ2n) is 14.5. The van der Waals surface area contributed by atoms with Crippen molar-refractivity contribution in [1.82, 2.24) is 9.13 Å². The molecular formula is C48H42N2. The first kappa shape index (κ1) is 29.6. The Hall–Kier alpha value is -5.34. The van der Waals surface area contributed by atoms with Gasteiger partial charge in [-0.05, 0) is 128 Å². The van der Waals surface area contributed by atoms with Crippen LogP contribution in [0.2, 0.25) is 0 Å². The standard InChI is InChI=1S/C48H42N2/c1-3-12-33(13-4-1)35-22-26-39(27-23-35)49-45-20-9-7-18-41(45)43-31-37(24-28-47(43)49)38-25-29-48-44(32-38)42-19-8-10-21-46(42)50(48)40-17-11-16-36(30-40)34-14-5-2-6-15-34/h1,3,5,7-10,12,14-15,18-22,24-26,28-32,36H,2,4,6,11,13,16-17,23,27H2. The van der Waals surface area contributed by atoms with Gasteiger partial charge in [0.1, 0.15) is 0 Å². The van der Waals surface area contributed by atoms with Crippen LogP contribution >= 0.6 is 0 Å². The minimum atomic E-state index is 0.508. The van der Waals surface area contributed by atoms with E-state index >= 15 is 0 Å². The molecule has 2 heteroatoms. The number of allylic oxidation sites excluding steroid dienone is 14. The van der Waals surface area contributed by atoms with Gasteiger partial charge < -0.3 is 9.13 Å². The summed E-state index contributed by atoms with van der Waals surface area (Å²) >= 11 is 0. The van der Waals surface area contributed by atoms with Gasteiger partial charge in [0.15, 0.2) is 0 Å². The Morgan fingerprint density at radius 1 is 0.520 bits per heavy atom. The van der Waals surface area contributed by atoms with Gasteiger partial charge >= 0.3 is 0 Å². The molecule has 0 radical (unpaired) electrons. The molecule has 4 aliphatic rings. The lowest BCUT2D eigenvalue weighted by Crippen LogP contribution is -2.10. The summed E-state index contributed by atoms with van der Waals surface area (Å²) in [6.45, 7) is 0. The highest BCUT2D eigenvalue weighted by Crippen LogP contribution is 2.42. The maximum absolute atomic E-state index is 2.57. The van der Waals surface area contributed by atoms with Gasteiger partial charge in [0.2, 0.25) is 0 Å². The molecule has 4 aliphatic carbocycles. The van der Waals surface area contributed by atoms with Gasteiger partial charge in [0.25, 0.3) is 0 Å². The molecule has 1 atom stereocenters. The van der Waals surface area contributed by atoms with Crippen LogP contribution in [-0.4, -0.2) is 9.13 Å². The zero-order chi connectivity index (χ0) is 33.0. The summed E-state index contributed by atoms with van der Waals surface area (Å²) < 4.78 is 5.07. The number of para-hydroxylation sites is 2. The zero-order valence-corrected chi connectivity index (χ0v) is 28.6. The molecule has 0 saturated heterocycles. The summed E-state index contributed by atoms with van der Waals surface area (Å²) in [5.74, 6) is 0.508. The molecule has 4 aromatic carbocycles. The van der Waals surface area contributed by atoms with Crippen LogP contribution in [0.25, 0.3) is 66.1 Å². The van der Waals surface area contributed by atoms with Crippen molar-refractivity contribution in [3.05, 3.63) is 156 Å². The van der Waals surface area contributed by atoms with Gasteiger partial charge in [-0.25, -0.2) is 0 Å². The van der Waals surface area contributed by atoms with Crippen molar-refractivity contribution < 1.29 is 0 Å². The molecule has 50 heavy (non-hydrogen) atoms. The fourth-order valence-electron chi connectivity index (χ4n) is 9.13. The lowest BCUT2D eigenvalue weighted by atomic mass is 9.85. The number of hydrogen-bond acceptors (Lipinski definition) is 0. The Labute approximate surface area is 294 Å². The predicted molar refractivity (Wildman–Crippen MR) is 214 cm³/mol.